The van der Waals surface area contributed by atoms with Crippen LogP contribution in [0.3, 0.4) is 0 Å². The maximum Gasteiger partial charge on any atom is 0.292 e. The molecular weight excluding hydrogens is 384 g/mol. The largest absolute Gasteiger partial charge is 0.349 e. The van der Waals surface area contributed by atoms with E-state index in [1.165, 1.54) is 0 Å². The Bertz CT molecular complexity index is 858. The van der Waals surface area contributed by atoms with Crippen molar-refractivity contribution in [3.05, 3.63) is 71.8 Å². The van der Waals surface area contributed by atoms with Gasteiger partial charge in [-0.15, -0.1) is 20.4 Å². The van der Waals surface area contributed by atoms with Gasteiger partial charge in [0.1, 0.15) is 0 Å². The van der Waals surface area contributed by atoms with E-state index in [0.29, 0.717) is 13.1 Å². The van der Waals surface area contributed by atoms with Crippen molar-refractivity contribution in [3.63, 3.8) is 0 Å². The van der Waals surface area contributed by atoms with Gasteiger partial charge in [0.15, 0.2) is 0 Å². The van der Waals surface area contributed by atoms with Gasteiger partial charge < -0.3 is 10.6 Å². The fourth-order valence-electron chi connectivity index (χ4n) is 2.60. The number of aromatic nitrogens is 6. The summed E-state index contributed by atoms with van der Waals surface area (Å²) in [7, 11) is 0. The maximum absolute atomic E-state index is 12.0. The smallest absolute Gasteiger partial charge is 0.292 e. The zero-order valence-corrected chi connectivity index (χ0v) is 16.4. The van der Waals surface area contributed by atoms with Crippen molar-refractivity contribution in [1.29, 1.82) is 0 Å². The first-order valence-corrected chi connectivity index (χ1v) is 9.66. The number of amides is 2. The summed E-state index contributed by atoms with van der Waals surface area (Å²) in [5.41, 5.74) is 1.92. The first-order chi connectivity index (χ1) is 14.7. The molecule has 10 nitrogen and oxygen atoms in total. The number of carbonyl (C=O) groups excluding carboxylic acids is 2. The second-order valence-electron chi connectivity index (χ2n) is 6.41. The van der Waals surface area contributed by atoms with Crippen LogP contribution in [0.1, 0.15) is 45.5 Å². The third-order valence-electron chi connectivity index (χ3n) is 4.13. The molecule has 0 aliphatic carbocycles. The molecule has 0 spiro atoms. The van der Waals surface area contributed by atoms with Crippen LogP contribution in [0.15, 0.2) is 48.8 Å². The third kappa shape index (κ3) is 6.66. The molecule has 2 N–H and O–H groups in total. The van der Waals surface area contributed by atoms with E-state index in [1.54, 1.807) is 12.4 Å². The van der Waals surface area contributed by atoms with E-state index in [2.05, 4.69) is 41.0 Å². The minimum atomic E-state index is -0.488. The summed E-state index contributed by atoms with van der Waals surface area (Å²) in [4.78, 5) is 32.5. The third-order valence-corrected chi connectivity index (χ3v) is 4.13. The quantitative estimate of drug-likeness (QED) is 0.472. The average molecular weight is 406 g/mol. The van der Waals surface area contributed by atoms with Gasteiger partial charge in [-0.1, -0.05) is 12.1 Å². The molecule has 3 aromatic rings. The summed E-state index contributed by atoms with van der Waals surface area (Å²) in [5, 5.41) is 20.2. The fourth-order valence-corrected chi connectivity index (χ4v) is 2.60. The molecule has 0 saturated heterocycles. The number of rotatable bonds is 10. The Hall–Kier alpha value is -3.82. The summed E-state index contributed by atoms with van der Waals surface area (Å²) in [6.45, 7) is 0.883. The van der Waals surface area contributed by atoms with Gasteiger partial charge in [-0.3, -0.25) is 19.6 Å². The van der Waals surface area contributed by atoms with E-state index in [4.69, 9.17) is 0 Å². The molecule has 3 aromatic heterocycles. The molecule has 0 saturated carbocycles. The van der Waals surface area contributed by atoms with E-state index in [1.807, 2.05) is 36.4 Å². The molecule has 0 radical (unpaired) electrons. The van der Waals surface area contributed by atoms with Crippen LogP contribution < -0.4 is 10.6 Å². The minimum Gasteiger partial charge on any atom is -0.349 e. The Morgan fingerprint density at radius 2 is 1.10 bits per heavy atom. The summed E-state index contributed by atoms with van der Waals surface area (Å²) >= 11 is 0. The van der Waals surface area contributed by atoms with Crippen LogP contribution in [-0.4, -0.2) is 55.3 Å². The molecule has 0 fully saturated rings. The topological polar surface area (TPSA) is 136 Å². The van der Waals surface area contributed by atoms with Crippen molar-refractivity contribution in [3.8, 4) is 0 Å². The van der Waals surface area contributed by atoms with Crippen molar-refractivity contribution in [2.75, 3.05) is 13.1 Å². The van der Waals surface area contributed by atoms with Crippen LogP contribution >= 0.6 is 0 Å². The van der Waals surface area contributed by atoms with Gasteiger partial charge in [0, 0.05) is 36.9 Å². The second-order valence-corrected chi connectivity index (χ2v) is 6.41. The van der Waals surface area contributed by atoms with Gasteiger partial charge in [0.25, 0.3) is 23.5 Å². The number of nitrogens with zero attached hydrogens (tertiary/aromatic N) is 6. The fraction of sp³-hybridized carbons (Fsp3) is 0.300. The first kappa shape index (κ1) is 20.9. The molecule has 0 atom stereocenters. The molecular formula is C20H22N8O2. The van der Waals surface area contributed by atoms with Crippen molar-refractivity contribution in [2.24, 2.45) is 0 Å². The predicted molar refractivity (Wildman–Crippen MR) is 107 cm³/mol. The minimum absolute atomic E-state index is 0.181. The van der Waals surface area contributed by atoms with E-state index in [-0.39, 0.29) is 11.6 Å². The Labute approximate surface area is 173 Å². The van der Waals surface area contributed by atoms with Crippen molar-refractivity contribution in [1.82, 2.24) is 41.0 Å². The molecule has 3 heterocycles. The first-order valence-electron chi connectivity index (χ1n) is 9.66. The average Bonchev–Trinajstić information content (AvgIpc) is 2.81. The monoisotopic (exact) mass is 406 g/mol. The molecule has 0 aliphatic rings. The van der Waals surface area contributed by atoms with Gasteiger partial charge in [0.2, 0.25) is 0 Å². The molecule has 3 rings (SSSR count). The summed E-state index contributed by atoms with van der Waals surface area (Å²) in [6, 6.07) is 11.4. The lowest BCUT2D eigenvalue weighted by Gasteiger charge is -2.05. The lowest BCUT2D eigenvalue weighted by molar-refractivity contribution is 0.0919. The molecule has 0 bridgehead atoms. The van der Waals surface area contributed by atoms with Crippen LogP contribution in [0.4, 0.5) is 0 Å². The lowest BCUT2D eigenvalue weighted by Crippen LogP contribution is -2.30. The number of aryl methyl sites for hydroxylation is 2. The van der Waals surface area contributed by atoms with Crippen molar-refractivity contribution < 1.29 is 9.59 Å². The van der Waals surface area contributed by atoms with E-state index < -0.39 is 11.8 Å². The lowest BCUT2D eigenvalue weighted by atomic mass is 10.2. The Balaban J connectivity index is 1.36. The zero-order chi connectivity index (χ0) is 21.0. The van der Waals surface area contributed by atoms with Gasteiger partial charge in [0.05, 0.1) is 0 Å². The van der Waals surface area contributed by atoms with Crippen LogP contribution in [-0.2, 0) is 12.8 Å². The van der Waals surface area contributed by atoms with Crippen LogP contribution in [0.5, 0.6) is 0 Å². The van der Waals surface area contributed by atoms with Gasteiger partial charge in [-0.2, -0.15) is 0 Å². The highest BCUT2D eigenvalue weighted by Gasteiger charge is 2.14. The molecule has 0 aromatic carbocycles. The SMILES string of the molecule is O=C(NCCCc1ccccn1)c1nnc(C(=O)NCCCc2ccccn2)nn1. The van der Waals surface area contributed by atoms with Gasteiger partial charge >= 0.3 is 0 Å². The van der Waals surface area contributed by atoms with E-state index in [0.717, 1.165) is 37.1 Å². The maximum atomic E-state index is 12.0. The van der Waals surface area contributed by atoms with Crippen molar-refractivity contribution in [2.45, 2.75) is 25.7 Å². The number of hydrogen-bond acceptors (Lipinski definition) is 8. The Morgan fingerprint density at radius 3 is 1.47 bits per heavy atom. The summed E-state index contributed by atoms with van der Waals surface area (Å²) < 4.78 is 0. The van der Waals surface area contributed by atoms with Crippen LogP contribution in [0.25, 0.3) is 0 Å². The standard InChI is InChI=1S/C20H22N8O2/c29-19(23-13-5-9-15-7-1-3-11-21-15)17-25-27-18(28-26-17)20(30)24-14-6-10-16-8-2-4-12-22-16/h1-4,7-8,11-12H,5-6,9-10,13-14H2,(H,23,29)(H,24,30). The molecule has 2 amide bonds. The highest BCUT2D eigenvalue weighted by Crippen LogP contribution is 1.99. The molecule has 0 unspecified atom stereocenters. The summed E-state index contributed by atoms with van der Waals surface area (Å²) in [6.07, 6.45) is 6.41. The van der Waals surface area contributed by atoms with Crippen LogP contribution in [0, 0.1) is 0 Å². The highest BCUT2D eigenvalue weighted by atomic mass is 16.2. The van der Waals surface area contributed by atoms with E-state index >= 15 is 0 Å². The molecule has 0 aliphatic heterocycles. The predicted octanol–water partition coefficient (Wildman–Crippen LogP) is 0.782. The highest BCUT2D eigenvalue weighted by molar-refractivity contribution is 5.91. The number of nitrogens with one attached hydrogen (secondary N) is 2. The molecule has 10 heteroatoms. The Kier molecular flexibility index (Phi) is 7.84. The Morgan fingerprint density at radius 1 is 0.667 bits per heavy atom. The second kappa shape index (κ2) is 11.2. The van der Waals surface area contributed by atoms with E-state index in [9.17, 15) is 9.59 Å². The van der Waals surface area contributed by atoms with Gasteiger partial charge in [-0.05, 0) is 49.9 Å². The van der Waals surface area contributed by atoms with Gasteiger partial charge in [-0.25, -0.2) is 0 Å². The number of carbonyl (C=O) groups is 2. The summed E-state index contributed by atoms with van der Waals surface area (Å²) in [5.74, 6) is -1.34. The van der Waals surface area contributed by atoms with Crippen molar-refractivity contribution >= 4 is 11.8 Å². The van der Waals surface area contributed by atoms with Crippen LogP contribution in [0.2, 0.25) is 0 Å². The zero-order valence-electron chi connectivity index (χ0n) is 16.4. The number of hydrogen-bond donors (Lipinski definition) is 2. The molecule has 154 valence electrons. The normalized spacial score (nSPS) is 10.4. The molecule has 30 heavy (non-hydrogen) atoms. The number of pyridine rings is 2.